The van der Waals surface area contributed by atoms with Gasteiger partial charge < -0.3 is 10.1 Å². The van der Waals surface area contributed by atoms with Crippen molar-refractivity contribution in [3.8, 4) is 0 Å². The first-order valence-corrected chi connectivity index (χ1v) is 9.30. The summed E-state index contributed by atoms with van der Waals surface area (Å²) in [4.78, 5) is 18.0. The quantitative estimate of drug-likeness (QED) is 0.864. The van der Waals surface area contributed by atoms with Crippen molar-refractivity contribution in [1.82, 2.24) is 10.3 Å². The standard InChI is InChI=1S/C18H21N3O2S/c1-12(20-16(13-5-6-13)17-19-7-10-24-17)14-3-2-4-15(11-14)21-8-9-23-18(21)22/h2-4,7,10-13,16,20H,5-6,8-9H2,1H3/t12-,16-/m0/s1. The van der Waals surface area contributed by atoms with Crippen LogP contribution >= 0.6 is 11.3 Å². The second-order valence-corrected chi connectivity index (χ2v) is 7.36. The number of rotatable bonds is 6. The van der Waals surface area contributed by atoms with Crippen molar-refractivity contribution in [3.63, 3.8) is 0 Å². The van der Waals surface area contributed by atoms with E-state index in [9.17, 15) is 4.79 Å². The zero-order valence-corrected chi connectivity index (χ0v) is 14.5. The fraction of sp³-hybridized carbons (Fsp3) is 0.444. The average Bonchev–Trinajstić information content (AvgIpc) is 3.11. The summed E-state index contributed by atoms with van der Waals surface area (Å²) in [5, 5.41) is 6.95. The summed E-state index contributed by atoms with van der Waals surface area (Å²) < 4.78 is 5.04. The van der Waals surface area contributed by atoms with E-state index in [0.29, 0.717) is 25.1 Å². The van der Waals surface area contributed by atoms with Gasteiger partial charge in [-0.3, -0.25) is 4.90 Å². The predicted molar refractivity (Wildman–Crippen MR) is 94.3 cm³/mol. The molecule has 24 heavy (non-hydrogen) atoms. The number of carbonyl (C=O) groups excluding carboxylic acids is 1. The van der Waals surface area contributed by atoms with Crippen LogP contribution in [0.5, 0.6) is 0 Å². The Morgan fingerprint density at radius 2 is 2.29 bits per heavy atom. The highest BCUT2D eigenvalue weighted by Gasteiger charge is 2.34. The van der Waals surface area contributed by atoms with Gasteiger partial charge in [0.15, 0.2) is 0 Å². The number of anilines is 1. The third kappa shape index (κ3) is 3.16. The van der Waals surface area contributed by atoms with Crippen molar-refractivity contribution in [1.29, 1.82) is 0 Å². The topological polar surface area (TPSA) is 54.5 Å². The fourth-order valence-electron chi connectivity index (χ4n) is 3.18. The van der Waals surface area contributed by atoms with Crippen LogP contribution < -0.4 is 10.2 Å². The second kappa shape index (κ2) is 6.53. The first-order valence-electron chi connectivity index (χ1n) is 8.42. The van der Waals surface area contributed by atoms with E-state index in [2.05, 4.69) is 29.4 Å². The van der Waals surface area contributed by atoms with E-state index in [4.69, 9.17) is 4.74 Å². The number of hydrogen-bond donors (Lipinski definition) is 1. The molecule has 5 nitrogen and oxygen atoms in total. The number of benzene rings is 1. The lowest BCUT2D eigenvalue weighted by atomic mass is 10.0. The van der Waals surface area contributed by atoms with Crippen LogP contribution in [0.25, 0.3) is 0 Å². The number of nitrogens with zero attached hydrogens (tertiary/aromatic N) is 2. The van der Waals surface area contributed by atoms with Gasteiger partial charge in [0.2, 0.25) is 0 Å². The van der Waals surface area contributed by atoms with Gasteiger partial charge in [0.05, 0.1) is 12.6 Å². The third-order valence-electron chi connectivity index (χ3n) is 4.68. The molecule has 1 aromatic carbocycles. The van der Waals surface area contributed by atoms with Gasteiger partial charge in [-0.1, -0.05) is 12.1 Å². The van der Waals surface area contributed by atoms with E-state index in [0.717, 1.165) is 5.69 Å². The normalized spacial score (nSPS) is 20.0. The Morgan fingerprint density at radius 1 is 1.42 bits per heavy atom. The van der Waals surface area contributed by atoms with E-state index in [-0.39, 0.29) is 12.1 Å². The van der Waals surface area contributed by atoms with Gasteiger partial charge in [0, 0.05) is 23.3 Å². The largest absolute Gasteiger partial charge is 0.447 e. The molecule has 1 aromatic heterocycles. The molecule has 6 heteroatoms. The lowest BCUT2D eigenvalue weighted by Gasteiger charge is -2.23. The SMILES string of the molecule is C[C@H](N[C@H](c1nccs1)C1CC1)c1cccc(N2CCOC2=O)c1. The van der Waals surface area contributed by atoms with Crippen LogP contribution in [0.15, 0.2) is 35.8 Å². The molecule has 1 aliphatic heterocycles. The lowest BCUT2D eigenvalue weighted by Crippen LogP contribution is -2.27. The molecule has 2 aliphatic rings. The number of hydrogen-bond acceptors (Lipinski definition) is 5. The Morgan fingerprint density at radius 3 is 2.96 bits per heavy atom. The number of ether oxygens (including phenoxy) is 1. The minimum Gasteiger partial charge on any atom is -0.447 e. The van der Waals surface area contributed by atoms with E-state index in [1.807, 2.05) is 23.7 Å². The van der Waals surface area contributed by atoms with Gasteiger partial charge in [0.1, 0.15) is 11.6 Å². The van der Waals surface area contributed by atoms with Crippen molar-refractivity contribution < 1.29 is 9.53 Å². The first-order chi connectivity index (χ1) is 11.7. The Hall–Kier alpha value is -1.92. The number of carbonyl (C=O) groups is 1. The number of aromatic nitrogens is 1. The second-order valence-electron chi connectivity index (χ2n) is 6.43. The molecule has 2 aromatic rings. The summed E-state index contributed by atoms with van der Waals surface area (Å²) >= 11 is 1.72. The van der Waals surface area contributed by atoms with Crippen LogP contribution in [0.4, 0.5) is 10.5 Å². The molecule has 0 bridgehead atoms. The Balaban J connectivity index is 1.51. The summed E-state index contributed by atoms with van der Waals surface area (Å²) in [6, 6.07) is 8.66. The number of nitrogens with one attached hydrogen (secondary N) is 1. The fourth-order valence-corrected chi connectivity index (χ4v) is 3.97. The minimum atomic E-state index is -0.258. The average molecular weight is 343 g/mol. The van der Waals surface area contributed by atoms with Crippen molar-refractivity contribution in [2.24, 2.45) is 5.92 Å². The maximum Gasteiger partial charge on any atom is 0.414 e. The molecule has 2 heterocycles. The molecule has 1 N–H and O–H groups in total. The van der Waals surface area contributed by atoms with Crippen molar-refractivity contribution in [2.75, 3.05) is 18.1 Å². The van der Waals surface area contributed by atoms with Crippen LogP contribution in [-0.2, 0) is 4.74 Å². The zero-order valence-electron chi connectivity index (χ0n) is 13.6. The Labute approximate surface area is 145 Å². The summed E-state index contributed by atoms with van der Waals surface area (Å²) in [5.41, 5.74) is 2.08. The number of amides is 1. The van der Waals surface area contributed by atoms with Crippen LogP contribution in [0.1, 0.15) is 42.4 Å². The highest BCUT2D eigenvalue weighted by Crippen LogP contribution is 2.42. The van der Waals surface area contributed by atoms with Crippen molar-refractivity contribution in [2.45, 2.75) is 31.8 Å². The molecule has 126 valence electrons. The van der Waals surface area contributed by atoms with Gasteiger partial charge in [-0.25, -0.2) is 9.78 Å². The van der Waals surface area contributed by atoms with Gasteiger partial charge in [-0.2, -0.15) is 0 Å². The molecular formula is C18H21N3O2S. The Bertz CT molecular complexity index is 715. The van der Waals surface area contributed by atoms with E-state index in [1.54, 1.807) is 16.2 Å². The molecule has 2 atom stereocenters. The van der Waals surface area contributed by atoms with E-state index in [1.165, 1.54) is 23.4 Å². The van der Waals surface area contributed by atoms with Crippen molar-refractivity contribution >= 4 is 23.1 Å². The number of cyclic esters (lactones) is 1. The molecule has 1 aliphatic carbocycles. The summed E-state index contributed by atoms with van der Waals surface area (Å²) in [5.74, 6) is 0.690. The minimum absolute atomic E-state index is 0.193. The van der Waals surface area contributed by atoms with Crippen LogP contribution in [0.2, 0.25) is 0 Å². The van der Waals surface area contributed by atoms with E-state index < -0.39 is 0 Å². The van der Waals surface area contributed by atoms with Crippen molar-refractivity contribution in [3.05, 3.63) is 46.4 Å². The highest BCUT2D eigenvalue weighted by molar-refractivity contribution is 7.09. The van der Waals surface area contributed by atoms with Gasteiger partial charge in [-0.05, 0) is 43.4 Å². The van der Waals surface area contributed by atoms with Crippen LogP contribution in [0, 0.1) is 5.92 Å². The van der Waals surface area contributed by atoms with Crippen LogP contribution in [-0.4, -0.2) is 24.2 Å². The van der Waals surface area contributed by atoms with Gasteiger partial charge in [-0.15, -0.1) is 11.3 Å². The summed E-state index contributed by atoms with van der Waals surface area (Å²) in [6.45, 7) is 3.25. The Kier molecular flexibility index (Phi) is 4.24. The van der Waals surface area contributed by atoms with E-state index >= 15 is 0 Å². The molecule has 0 spiro atoms. The maximum absolute atomic E-state index is 11.8. The lowest BCUT2D eigenvalue weighted by molar-refractivity contribution is 0.181. The van der Waals surface area contributed by atoms with Crippen LogP contribution in [0.3, 0.4) is 0 Å². The summed E-state index contributed by atoms with van der Waals surface area (Å²) in [6.07, 6.45) is 4.15. The molecule has 0 radical (unpaired) electrons. The van der Waals surface area contributed by atoms with Gasteiger partial charge in [0.25, 0.3) is 0 Å². The molecular weight excluding hydrogens is 322 g/mol. The first kappa shape index (κ1) is 15.6. The monoisotopic (exact) mass is 343 g/mol. The molecule has 2 fully saturated rings. The van der Waals surface area contributed by atoms with Gasteiger partial charge >= 0.3 is 6.09 Å². The molecule has 1 saturated heterocycles. The zero-order chi connectivity index (χ0) is 16.5. The third-order valence-corrected chi connectivity index (χ3v) is 5.54. The molecule has 1 amide bonds. The molecule has 0 unspecified atom stereocenters. The predicted octanol–water partition coefficient (Wildman–Crippen LogP) is 3.90. The highest BCUT2D eigenvalue weighted by atomic mass is 32.1. The summed E-state index contributed by atoms with van der Waals surface area (Å²) in [7, 11) is 0. The number of thiazole rings is 1. The molecule has 1 saturated carbocycles. The maximum atomic E-state index is 11.8. The smallest absolute Gasteiger partial charge is 0.414 e. The molecule has 4 rings (SSSR count).